The number of carbonyl (C=O) groups is 18. The molecule has 1 aromatic heterocycles. The number of aliphatic carboxylic acids is 1. The van der Waals surface area contributed by atoms with Crippen molar-refractivity contribution >= 4 is 129 Å². The maximum absolute atomic E-state index is 15.7. The molecule has 39 nitrogen and oxygen atoms in total. The molecule has 3 aliphatic rings. The van der Waals surface area contributed by atoms with Crippen molar-refractivity contribution in [3.63, 3.8) is 0 Å². The minimum absolute atomic E-state index is 0.0749. The molecule has 9 rings (SSSR count). The van der Waals surface area contributed by atoms with Crippen LogP contribution in [0.1, 0.15) is 113 Å². The highest BCUT2D eigenvalue weighted by molar-refractivity contribution is 8.00. The number of para-hydroxylation sites is 1. The minimum atomic E-state index is -2.07. The number of aliphatic hydroxyl groups excluding tert-OH is 1. The molecule has 5 aromatic carbocycles. The Hall–Kier alpha value is -14.0. The molecular weight excluding hydrogens is 1770 g/mol. The van der Waals surface area contributed by atoms with Crippen LogP contribution in [-0.4, -0.2) is 288 Å². The van der Waals surface area contributed by atoms with Gasteiger partial charge in [-0.25, -0.2) is 13.2 Å². The molecule has 3 saturated heterocycles. The standard InChI is InChI=1S/C91H113F3N18O21S/c1-7-8-24-68-90(132)111-32-17-25-67(111)84(126)105-64(42-76(119)120)83(125)107-78(48(2)3)91(133)109(5)69(37-49-18-11-9-12-19-49)85(127)101-60(30-31-72(95)115)88(130)112-45-55(114)40-70(112)86(128)104-62(39-53-43-98-59-23-16-15-22-56(53)59)81(123)102-61(35-51-26-28-54(113)29-27-51)80(122)103-63(41-73(96)116)82(124)106-66(79(121)99-44-74(97)117)46-134-47-75(118)100-65(36-52-33-57(92)77(94)58(93)34-52)87(129)110(6)71(89(131)108(68)4)38-50-20-13-10-14-21-50/h9-16,18-23,26-29,33-34,43,48,55,60-71,78,98,113-114H,7-8,17,24-25,30-32,35-42,44-47H2,1-6H3,(H2,95,115)(H2,96,116)(H2,97,117)(H,99,121)(H,100,118)(H,101,127)(H,102,123)(H,103,122)(H,104,128)(H,105,126)(H,106,124)(H,107,125)(H,119,120)/t55-,60+,61+,62+,63+,64+,65+,66+,67-,68+,69+,70+,71+,78+/m1/s1. The third-order valence-electron chi connectivity index (χ3n) is 23.4. The van der Waals surface area contributed by atoms with Crippen LogP contribution in [0.25, 0.3) is 10.9 Å². The molecule has 0 bridgehead atoms. The van der Waals surface area contributed by atoms with Gasteiger partial charge in [-0.3, -0.25) is 86.3 Å². The highest BCUT2D eigenvalue weighted by Gasteiger charge is 2.48. The van der Waals surface area contributed by atoms with Crippen LogP contribution < -0.4 is 65.1 Å². The first-order chi connectivity index (χ1) is 63.6. The maximum atomic E-state index is 15.7. The first-order valence-corrected chi connectivity index (χ1v) is 44.7. The van der Waals surface area contributed by atoms with Crippen molar-refractivity contribution in [2.24, 2.45) is 23.1 Å². The van der Waals surface area contributed by atoms with Crippen molar-refractivity contribution in [2.45, 2.75) is 202 Å². The lowest BCUT2D eigenvalue weighted by Crippen LogP contribution is -2.62. The Morgan fingerprint density at radius 3 is 1.67 bits per heavy atom. The molecule has 6 aromatic rings. The lowest BCUT2D eigenvalue weighted by molar-refractivity contribution is -0.152. The minimum Gasteiger partial charge on any atom is -0.508 e. The molecule has 720 valence electrons. The van der Waals surface area contributed by atoms with Gasteiger partial charge in [0.05, 0.1) is 31.2 Å². The Bertz CT molecular complexity index is 5290. The number of halogens is 3. The fourth-order valence-electron chi connectivity index (χ4n) is 16.2. The van der Waals surface area contributed by atoms with Crippen molar-refractivity contribution in [1.29, 1.82) is 0 Å². The van der Waals surface area contributed by atoms with Crippen LogP contribution in [0.5, 0.6) is 5.75 Å². The maximum Gasteiger partial charge on any atom is 0.305 e. The average Bonchev–Trinajstić information content (AvgIpc) is 1.58. The smallest absolute Gasteiger partial charge is 0.305 e. The number of thioether (sulfide) groups is 1. The van der Waals surface area contributed by atoms with E-state index in [1.54, 1.807) is 91.9 Å². The van der Waals surface area contributed by atoms with Gasteiger partial charge in [-0.1, -0.05) is 125 Å². The number of aromatic nitrogens is 1. The van der Waals surface area contributed by atoms with E-state index < -0.39 is 296 Å². The number of nitrogens with zero attached hydrogens (tertiary/aromatic N) is 5. The number of unbranched alkanes of at least 4 members (excludes halogenated alkanes) is 1. The number of hydrogen-bond acceptors (Lipinski definition) is 21. The zero-order valence-electron chi connectivity index (χ0n) is 74.6. The predicted molar refractivity (Wildman–Crippen MR) is 478 cm³/mol. The number of aromatic amines is 1. The fourth-order valence-corrected chi connectivity index (χ4v) is 17.0. The third kappa shape index (κ3) is 28.5. The number of carboxylic acids is 1. The number of fused-ring (bicyclic) bond motifs is 3. The van der Waals surface area contributed by atoms with Gasteiger partial charge in [-0.2, -0.15) is 0 Å². The monoisotopic (exact) mass is 1880 g/mol. The van der Waals surface area contributed by atoms with E-state index in [4.69, 9.17) is 17.2 Å². The van der Waals surface area contributed by atoms with Crippen LogP contribution in [0, 0.1) is 23.4 Å². The van der Waals surface area contributed by atoms with Crippen molar-refractivity contribution in [1.82, 2.24) is 77.3 Å². The normalized spacial score (nSPS) is 24.0. The van der Waals surface area contributed by atoms with Crippen LogP contribution in [0.2, 0.25) is 0 Å². The summed E-state index contributed by atoms with van der Waals surface area (Å²) in [5.74, 6) is -28.1. The van der Waals surface area contributed by atoms with E-state index in [0.29, 0.717) is 57.9 Å². The number of nitrogens with two attached hydrogens (primary N) is 3. The summed E-state index contributed by atoms with van der Waals surface area (Å²) in [6.07, 6.45) is -5.49. The Kier molecular flexibility index (Phi) is 37.5. The summed E-state index contributed by atoms with van der Waals surface area (Å²) in [6, 6.07) is 6.41. The van der Waals surface area contributed by atoms with Crippen molar-refractivity contribution < 1.29 is 115 Å². The van der Waals surface area contributed by atoms with E-state index in [0.717, 1.165) is 31.5 Å². The quantitative estimate of drug-likeness (QED) is 0.0321. The topological polar surface area (TPSA) is 586 Å². The number of phenolic OH excluding ortho intramolecular Hbond substituents is 1. The van der Waals surface area contributed by atoms with Gasteiger partial charge in [0.2, 0.25) is 100 Å². The number of aromatic hydroxyl groups is 1. The summed E-state index contributed by atoms with van der Waals surface area (Å²) in [6.45, 7) is 3.19. The highest BCUT2D eigenvalue weighted by Crippen LogP contribution is 2.29. The molecule has 14 atom stereocenters. The number of aliphatic hydroxyl groups is 1. The molecule has 19 N–H and O–H groups in total. The number of nitrogens with one attached hydrogen (secondary N) is 10. The Morgan fingerprint density at radius 1 is 0.522 bits per heavy atom. The molecule has 0 aliphatic carbocycles. The summed E-state index contributed by atoms with van der Waals surface area (Å²) in [7, 11) is 3.62. The van der Waals surface area contributed by atoms with Crippen LogP contribution >= 0.6 is 11.8 Å². The van der Waals surface area contributed by atoms with Gasteiger partial charge in [0, 0.05) is 102 Å². The van der Waals surface area contributed by atoms with Crippen molar-refractivity contribution in [3.05, 3.63) is 173 Å². The zero-order valence-corrected chi connectivity index (χ0v) is 75.4. The molecule has 43 heteroatoms. The van der Waals surface area contributed by atoms with E-state index in [2.05, 4.69) is 52.8 Å². The summed E-state index contributed by atoms with van der Waals surface area (Å²) >= 11 is 0.568. The van der Waals surface area contributed by atoms with E-state index in [9.17, 15) is 62.9 Å². The summed E-state index contributed by atoms with van der Waals surface area (Å²) < 4.78 is 45.0. The second kappa shape index (κ2) is 48.4. The van der Waals surface area contributed by atoms with E-state index >= 15 is 51.9 Å². The number of primary amides is 3. The second-order valence-corrected chi connectivity index (χ2v) is 34.7. The lowest BCUT2D eigenvalue weighted by Gasteiger charge is -2.38. The number of carbonyl (C=O) groups excluding carboxylic acids is 17. The second-order valence-electron chi connectivity index (χ2n) is 33.7. The molecule has 3 fully saturated rings. The SMILES string of the molecule is CCCC[C@H]1C(=O)N2CCC[C@@H]2C(=O)N[C@@H](CC(=O)O)C(=O)N[C@@H](C(C)C)C(=O)N(C)[C@@H](Cc2ccccc2)C(=O)N[C@@H](CCC(N)=O)C(=O)N2C[C@H](O)C[C@H]2C(=O)N[C@@H](Cc2c[nH]c3ccccc23)C(=O)N[C@@H](Cc2ccc(O)cc2)C(=O)N[C@@H](CC(N)=O)C(=O)N[C@H](C(=O)NCC(N)=O)CSCC(=O)N[C@@H](Cc2cc(F)c(F)c(F)c2)C(=O)N(C)[C@@H](Cc2ccccc2)C(=O)N1C. The van der Waals surface area contributed by atoms with Gasteiger partial charge in [0.15, 0.2) is 17.5 Å². The van der Waals surface area contributed by atoms with Gasteiger partial charge in [-0.15, -0.1) is 11.8 Å². The van der Waals surface area contributed by atoms with E-state index in [1.165, 1.54) is 58.4 Å². The number of rotatable bonds is 24. The van der Waals surface area contributed by atoms with Crippen LogP contribution in [0.4, 0.5) is 13.2 Å². The molecular formula is C91H113F3N18O21S. The van der Waals surface area contributed by atoms with Crippen LogP contribution in [0.3, 0.4) is 0 Å². The number of amides is 17. The Labute approximate surface area is 773 Å². The van der Waals surface area contributed by atoms with Gasteiger partial charge >= 0.3 is 5.97 Å². The molecule has 0 radical (unpaired) electrons. The van der Waals surface area contributed by atoms with E-state index in [1.807, 2.05) is 0 Å². The largest absolute Gasteiger partial charge is 0.508 e. The molecule has 0 saturated carbocycles. The van der Waals surface area contributed by atoms with Gasteiger partial charge in [0.25, 0.3) is 0 Å². The molecule has 4 heterocycles. The van der Waals surface area contributed by atoms with Gasteiger partial charge in [-0.05, 0) is 89.8 Å². The number of phenols is 1. The average molecular weight is 1880 g/mol. The highest BCUT2D eigenvalue weighted by atomic mass is 32.2. The zero-order chi connectivity index (χ0) is 98.1. The Morgan fingerprint density at radius 2 is 1.06 bits per heavy atom. The van der Waals surface area contributed by atoms with Crippen LogP contribution in [0.15, 0.2) is 128 Å². The van der Waals surface area contributed by atoms with Crippen molar-refractivity contribution in [2.75, 3.05) is 52.3 Å². The number of benzene rings is 5. The molecule has 0 spiro atoms. The summed E-state index contributed by atoms with van der Waals surface area (Å²) in [4.78, 5) is 270. The fraction of sp³-hybridized carbons (Fsp3) is 0.451. The first-order valence-electron chi connectivity index (χ1n) is 43.6. The first kappa shape index (κ1) is 104. The Balaban J connectivity index is 1.14. The summed E-state index contributed by atoms with van der Waals surface area (Å²) in [5, 5.41) is 55.1. The lowest BCUT2D eigenvalue weighted by atomic mass is 9.98. The predicted octanol–water partition coefficient (Wildman–Crippen LogP) is -1.07. The molecule has 17 amide bonds. The number of likely N-dealkylation sites (N-methyl/N-ethyl adjacent to an activating group) is 3. The molecule has 134 heavy (non-hydrogen) atoms. The molecule has 0 unspecified atom stereocenters. The third-order valence-corrected chi connectivity index (χ3v) is 24.5. The van der Waals surface area contributed by atoms with E-state index in [-0.39, 0.29) is 56.4 Å². The molecule has 3 aliphatic heterocycles. The van der Waals surface area contributed by atoms with Crippen LogP contribution in [-0.2, 0) is 118 Å². The van der Waals surface area contributed by atoms with Gasteiger partial charge in [0.1, 0.15) is 84.3 Å². The summed E-state index contributed by atoms with van der Waals surface area (Å²) in [5.41, 5.74) is 18.4. The number of H-pyrrole nitrogens is 1. The van der Waals surface area contributed by atoms with Crippen molar-refractivity contribution in [3.8, 4) is 5.75 Å². The number of hydrogen-bond donors (Lipinski definition) is 16. The van der Waals surface area contributed by atoms with Gasteiger partial charge < -0.3 is 110 Å². The number of carboxylic acid groups (broad SMARTS) is 1.